The molecule has 2 aliphatic rings. The Hall–Kier alpha value is -1.89. The van der Waals surface area contributed by atoms with Gasteiger partial charge in [-0.2, -0.15) is 4.98 Å². The van der Waals surface area contributed by atoms with E-state index >= 15 is 0 Å². The molecular formula is C17H24N4O3. The standard InChI is InChI=1S/C17H24N4O3/c1-2-8-21-16(22)13-15(19-14(18-13)11-5-3-4-6-11)20-17(21)24-12-7-9-23-10-12/h11-12H,2-10H2,1H3,(H,18,19). The van der Waals surface area contributed by atoms with Gasteiger partial charge in [0.15, 0.2) is 11.2 Å². The predicted octanol–water partition coefficient (Wildman–Crippen LogP) is 2.35. The molecule has 0 aromatic carbocycles. The Morgan fingerprint density at radius 3 is 2.83 bits per heavy atom. The summed E-state index contributed by atoms with van der Waals surface area (Å²) in [7, 11) is 0. The number of hydrogen-bond donors (Lipinski definition) is 1. The molecule has 7 nitrogen and oxygen atoms in total. The van der Waals surface area contributed by atoms with Crippen LogP contribution in [0.1, 0.15) is 57.2 Å². The molecule has 2 aromatic rings. The number of imidazole rings is 1. The predicted molar refractivity (Wildman–Crippen MR) is 89.5 cm³/mol. The summed E-state index contributed by atoms with van der Waals surface area (Å²) < 4.78 is 12.9. The fraction of sp³-hybridized carbons (Fsp3) is 0.706. The summed E-state index contributed by atoms with van der Waals surface area (Å²) in [6, 6.07) is 0.370. The average molecular weight is 332 g/mol. The van der Waals surface area contributed by atoms with Crippen LogP contribution in [0.25, 0.3) is 11.2 Å². The molecule has 2 fully saturated rings. The third kappa shape index (κ3) is 2.81. The molecular weight excluding hydrogens is 308 g/mol. The monoisotopic (exact) mass is 332 g/mol. The molecule has 1 saturated heterocycles. The number of aromatic nitrogens is 4. The van der Waals surface area contributed by atoms with E-state index in [-0.39, 0.29) is 11.7 Å². The maximum Gasteiger partial charge on any atom is 0.301 e. The van der Waals surface area contributed by atoms with Crippen molar-refractivity contribution >= 4 is 11.2 Å². The quantitative estimate of drug-likeness (QED) is 0.909. The highest BCUT2D eigenvalue weighted by Gasteiger charge is 2.25. The highest BCUT2D eigenvalue weighted by atomic mass is 16.6. The molecule has 3 heterocycles. The number of ether oxygens (including phenoxy) is 2. The summed E-state index contributed by atoms with van der Waals surface area (Å²) in [4.78, 5) is 25.3. The van der Waals surface area contributed by atoms with Gasteiger partial charge in [-0.3, -0.25) is 9.36 Å². The largest absolute Gasteiger partial charge is 0.459 e. The van der Waals surface area contributed by atoms with Gasteiger partial charge in [0.25, 0.3) is 5.56 Å². The van der Waals surface area contributed by atoms with Gasteiger partial charge < -0.3 is 14.5 Å². The lowest BCUT2D eigenvalue weighted by molar-refractivity contribution is 0.129. The Morgan fingerprint density at radius 2 is 2.12 bits per heavy atom. The molecule has 24 heavy (non-hydrogen) atoms. The van der Waals surface area contributed by atoms with Crippen molar-refractivity contribution in [1.82, 2.24) is 19.5 Å². The normalized spacial score (nSPS) is 21.8. The topological polar surface area (TPSA) is 82.0 Å². The SMILES string of the molecule is CCCn1c(OC2CCOC2)nc2nc(C3CCCC3)[nH]c2c1=O. The first-order valence-corrected chi connectivity index (χ1v) is 9.01. The van der Waals surface area contributed by atoms with Crippen LogP contribution in [0.3, 0.4) is 0 Å². The summed E-state index contributed by atoms with van der Waals surface area (Å²) in [5, 5.41) is 0. The van der Waals surface area contributed by atoms with Crippen LogP contribution in [0.4, 0.5) is 0 Å². The van der Waals surface area contributed by atoms with Crippen LogP contribution in [-0.2, 0) is 11.3 Å². The number of nitrogens with one attached hydrogen (secondary N) is 1. The molecule has 0 spiro atoms. The van der Waals surface area contributed by atoms with E-state index in [0.717, 1.165) is 31.5 Å². The number of hydrogen-bond acceptors (Lipinski definition) is 5. The number of rotatable bonds is 5. The van der Waals surface area contributed by atoms with Gasteiger partial charge in [0.2, 0.25) is 0 Å². The van der Waals surface area contributed by atoms with E-state index in [1.807, 2.05) is 6.92 Å². The van der Waals surface area contributed by atoms with Crippen molar-refractivity contribution in [1.29, 1.82) is 0 Å². The first kappa shape index (κ1) is 15.6. The summed E-state index contributed by atoms with van der Waals surface area (Å²) >= 11 is 0. The molecule has 7 heteroatoms. The van der Waals surface area contributed by atoms with Crippen LogP contribution in [0.2, 0.25) is 0 Å². The van der Waals surface area contributed by atoms with E-state index in [4.69, 9.17) is 9.47 Å². The number of nitrogens with zero attached hydrogens (tertiary/aromatic N) is 3. The second-order valence-corrected chi connectivity index (χ2v) is 6.76. The van der Waals surface area contributed by atoms with Crippen LogP contribution in [-0.4, -0.2) is 38.8 Å². The van der Waals surface area contributed by atoms with Crippen molar-refractivity contribution in [3.05, 3.63) is 16.2 Å². The minimum absolute atomic E-state index is 0.0364. The van der Waals surface area contributed by atoms with Crippen LogP contribution in [0.5, 0.6) is 6.01 Å². The summed E-state index contributed by atoms with van der Waals surface area (Å²) in [6.07, 6.45) is 6.35. The van der Waals surface area contributed by atoms with E-state index < -0.39 is 0 Å². The summed E-state index contributed by atoms with van der Waals surface area (Å²) in [5.41, 5.74) is 0.885. The molecule has 4 rings (SSSR count). The number of fused-ring (bicyclic) bond motifs is 1. The molecule has 1 atom stereocenters. The van der Waals surface area contributed by atoms with Crippen molar-refractivity contribution in [2.24, 2.45) is 0 Å². The highest BCUT2D eigenvalue weighted by Crippen LogP contribution is 2.33. The third-order valence-corrected chi connectivity index (χ3v) is 4.94. The fourth-order valence-electron chi connectivity index (χ4n) is 3.64. The lowest BCUT2D eigenvalue weighted by Gasteiger charge is -2.15. The molecule has 1 unspecified atom stereocenters. The van der Waals surface area contributed by atoms with Gasteiger partial charge in [0.1, 0.15) is 11.9 Å². The van der Waals surface area contributed by atoms with E-state index in [1.54, 1.807) is 4.57 Å². The van der Waals surface area contributed by atoms with Crippen LogP contribution >= 0.6 is 0 Å². The Kier molecular flexibility index (Phi) is 4.26. The lowest BCUT2D eigenvalue weighted by atomic mass is 10.1. The Labute approximate surface area is 140 Å². The van der Waals surface area contributed by atoms with Crippen molar-refractivity contribution in [2.75, 3.05) is 13.2 Å². The molecule has 1 saturated carbocycles. The number of aromatic amines is 1. The molecule has 1 aliphatic carbocycles. The van der Waals surface area contributed by atoms with Crippen LogP contribution < -0.4 is 10.3 Å². The number of H-pyrrole nitrogens is 1. The van der Waals surface area contributed by atoms with E-state index in [9.17, 15) is 4.79 Å². The molecule has 0 radical (unpaired) electrons. The molecule has 0 bridgehead atoms. The van der Waals surface area contributed by atoms with Crippen molar-refractivity contribution in [2.45, 2.75) is 64.0 Å². The zero-order chi connectivity index (χ0) is 16.5. The zero-order valence-corrected chi connectivity index (χ0v) is 14.1. The van der Waals surface area contributed by atoms with E-state index in [2.05, 4.69) is 15.0 Å². The lowest BCUT2D eigenvalue weighted by Crippen LogP contribution is -2.27. The summed E-state index contributed by atoms with van der Waals surface area (Å²) in [6.45, 7) is 3.87. The van der Waals surface area contributed by atoms with Crippen LogP contribution in [0.15, 0.2) is 4.79 Å². The van der Waals surface area contributed by atoms with E-state index in [1.165, 1.54) is 12.8 Å². The van der Waals surface area contributed by atoms with Gasteiger partial charge in [-0.25, -0.2) is 4.98 Å². The molecule has 1 N–H and O–H groups in total. The van der Waals surface area contributed by atoms with Crippen molar-refractivity contribution < 1.29 is 9.47 Å². The van der Waals surface area contributed by atoms with Gasteiger partial charge in [-0.05, 0) is 19.3 Å². The Bertz CT molecular complexity index is 770. The molecule has 1 aliphatic heterocycles. The summed E-state index contributed by atoms with van der Waals surface area (Å²) in [5.74, 6) is 1.32. The van der Waals surface area contributed by atoms with Gasteiger partial charge in [0.05, 0.1) is 13.2 Å². The van der Waals surface area contributed by atoms with Gasteiger partial charge in [0, 0.05) is 18.9 Å². The Balaban J connectivity index is 1.75. The molecule has 0 amide bonds. The van der Waals surface area contributed by atoms with Gasteiger partial charge in [-0.15, -0.1) is 0 Å². The van der Waals surface area contributed by atoms with Crippen molar-refractivity contribution in [3.63, 3.8) is 0 Å². The molecule has 2 aromatic heterocycles. The highest BCUT2D eigenvalue weighted by molar-refractivity contribution is 5.70. The molecule has 130 valence electrons. The maximum absolute atomic E-state index is 12.9. The van der Waals surface area contributed by atoms with Crippen molar-refractivity contribution in [3.8, 4) is 6.01 Å². The minimum Gasteiger partial charge on any atom is -0.459 e. The average Bonchev–Trinajstić information content (AvgIpc) is 3.30. The van der Waals surface area contributed by atoms with Gasteiger partial charge >= 0.3 is 6.01 Å². The Morgan fingerprint density at radius 1 is 1.29 bits per heavy atom. The third-order valence-electron chi connectivity index (χ3n) is 4.94. The van der Waals surface area contributed by atoms with E-state index in [0.29, 0.717) is 42.9 Å². The van der Waals surface area contributed by atoms with Gasteiger partial charge in [-0.1, -0.05) is 19.8 Å². The fourth-order valence-corrected chi connectivity index (χ4v) is 3.64. The smallest absolute Gasteiger partial charge is 0.301 e. The second kappa shape index (κ2) is 6.55. The first-order valence-electron chi connectivity index (χ1n) is 9.01. The minimum atomic E-state index is -0.0903. The van der Waals surface area contributed by atoms with Crippen LogP contribution in [0, 0.1) is 0 Å². The first-order chi connectivity index (χ1) is 11.8. The maximum atomic E-state index is 12.9. The zero-order valence-electron chi connectivity index (χ0n) is 14.1. The second-order valence-electron chi connectivity index (χ2n) is 6.76.